The topological polar surface area (TPSA) is 87.1 Å². The van der Waals surface area contributed by atoms with Gasteiger partial charge in [0.2, 0.25) is 5.95 Å². The minimum Gasteiger partial charge on any atom is -0.480 e. The second-order valence-corrected chi connectivity index (χ2v) is 4.69. The number of carbonyl (C=O) groups is 1. The van der Waals surface area contributed by atoms with Crippen LogP contribution in [0.3, 0.4) is 0 Å². The van der Waals surface area contributed by atoms with Crippen LogP contribution in [-0.4, -0.2) is 27.6 Å². The molecule has 24 heavy (non-hydrogen) atoms. The SMILES string of the molecule is O=C(O)CNc1nc(NCc2ccc(F)cc2)cc(C(F)(F)F)n1. The van der Waals surface area contributed by atoms with Crippen molar-refractivity contribution in [1.29, 1.82) is 0 Å². The Morgan fingerprint density at radius 2 is 1.79 bits per heavy atom. The number of carboxylic acid groups (broad SMARTS) is 1. The molecule has 0 aliphatic rings. The Morgan fingerprint density at radius 1 is 1.12 bits per heavy atom. The molecule has 1 aromatic carbocycles. The fourth-order valence-electron chi connectivity index (χ4n) is 1.71. The molecule has 2 rings (SSSR count). The van der Waals surface area contributed by atoms with Crippen LogP contribution in [0.2, 0.25) is 0 Å². The lowest BCUT2D eigenvalue weighted by Crippen LogP contribution is -2.18. The molecule has 0 bridgehead atoms. The lowest BCUT2D eigenvalue weighted by atomic mass is 10.2. The van der Waals surface area contributed by atoms with E-state index < -0.39 is 36.1 Å². The van der Waals surface area contributed by atoms with E-state index in [1.165, 1.54) is 24.3 Å². The van der Waals surface area contributed by atoms with Gasteiger partial charge in [-0.1, -0.05) is 12.1 Å². The molecule has 3 N–H and O–H groups in total. The van der Waals surface area contributed by atoms with Crippen LogP contribution in [0.25, 0.3) is 0 Å². The summed E-state index contributed by atoms with van der Waals surface area (Å²) in [5.41, 5.74) is -0.587. The van der Waals surface area contributed by atoms with E-state index in [2.05, 4.69) is 20.6 Å². The number of alkyl halides is 3. The van der Waals surface area contributed by atoms with Crippen molar-refractivity contribution < 1.29 is 27.5 Å². The van der Waals surface area contributed by atoms with Gasteiger partial charge in [-0.2, -0.15) is 18.2 Å². The first-order chi connectivity index (χ1) is 11.2. The van der Waals surface area contributed by atoms with Crippen molar-refractivity contribution in [2.75, 3.05) is 17.2 Å². The van der Waals surface area contributed by atoms with Gasteiger partial charge < -0.3 is 15.7 Å². The molecule has 0 aliphatic carbocycles. The summed E-state index contributed by atoms with van der Waals surface area (Å²) in [6.45, 7) is -0.522. The van der Waals surface area contributed by atoms with E-state index >= 15 is 0 Å². The predicted octanol–water partition coefficient (Wildman–Crippen LogP) is 2.74. The summed E-state index contributed by atoms with van der Waals surface area (Å²) >= 11 is 0. The molecule has 0 aliphatic heterocycles. The minimum atomic E-state index is -4.71. The largest absolute Gasteiger partial charge is 0.480 e. The summed E-state index contributed by atoms with van der Waals surface area (Å²) in [5, 5.41) is 13.4. The molecular formula is C14H12F4N4O2. The summed E-state index contributed by atoms with van der Waals surface area (Å²) in [6.07, 6.45) is -4.71. The highest BCUT2D eigenvalue weighted by Crippen LogP contribution is 2.29. The number of aromatic nitrogens is 2. The Labute approximate surface area is 133 Å². The number of carboxylic acids is 1. The molecule has 0 atom stereocenters. The number of nitrogens with one attached hydrogen (secondary N) is 2. The number of hydrogen-bond donors (Lipinski definition) is 3. The molecule has 128 valence electrons. The fraction of sp³-hybridized carbons (Fsp3) is 0.214. The van der Waals surface area contributed by atoms with Crippen LogP contribution >= 0.6 is 0 Å². The Morgan fingerprint density at radius 3 is 2.38 bits per heavy atom. The van der Waals surface area contributed by atoms with Gasteiger partial charge in [0.05, 0.1) is 0 Å². The van der Waals surface area contributed by atoms with Gasteiger partial charge in [-0.05, 0) is 17.7 Å². The van der Waals surface area contributed by atoms with Crippen LogP contribution in [0.4, 0.5) is 29.3 Å². The molecule has 0 saturated carbocycles. The third-order valence-corrected chi connectivity index (χ3v) is 2.80. The van der Waals surface area contributed by atoms with E-state index in [1.54, 1.807) is 0 Å². The third kappa shape index (κ3) is 5.07. The van der Waals surface area contributed by atoms with Crippen LogP contribution < -0.4 is 10.6 Å². The van der Waals surface area contributed by atoms with Gasteiger partial charge in [0.15, 0.2) is 5.69 Å². The lowest BCUT2D eigenvalue weighted by Gasteiger charge is -2.12. The second-order valence-electron chi connectivity index (χ2n) is 4.69. The van der Waals surface area contributed by atoms with Crippen LogP contribution in [0.5, 0.6) is 0 Å². The number of hydrogen-bond acceptors (Lipinski definition) is 5. The maximum atomic E-state index is 12.9. The average molecular weight is 344 g/mol. The van der Waals surface area contributed by atoms with Gasteiger partial charge in [-0.15, -0.1) is 0 Å². The smallest absolute Gasteiger partial charge is 0.433 e. The standard InChI is InChI=1S/C14H12F4N4O2/c15-9-3-1-8(2-4-9)6-19-11-5-10(14(16,17)18)21-13(22-11)20-7-12(23)24/h1-5H,6-7H2,(H,23,24)(H2,19,20,21,22). The number of rotatable bonds is 6. The normalized spacial score (nSPS) is 11.2. The molecule has 2 aromatic rings. The summed E-state index contributed by atoms with van der Waals surface area (Å²) in [6, 6.07) is 6.08. The van der Waals surface area contributed by atoms with Gasteiger partial charge in [-0.3, -0.25) is 4.79 Å². The van der Waals surface area contributed by atoms with Crippen molar-refractivity contribution in [2.24, 2.45) is 0 Å². The molecule has 1 aromatic heterocycles. The molecule has 1 heterocycles. The number of benzene rings is 1. The first kappa shape index (κ1) is 17.4. The van der Waals surface area contributed by atoms with Crippen LogP contribution in [0.15, 0.2) is 30.3 Å². The summed E-state index contributed by atoms with van der Waals surface area (Å²) in [5.74, 6) is -2.31. The Kier molecular flexibility index (Phi) is 5.17. The predicted molar refractivity (Wildman–Crippen MR) is 76.9 cm³/mol. The summed E-state index contributed by atoms with van der Waals surface area (Å²) in [4.78, 5) is 17.5. The highest BCUT2D eigenvalue weighted by atomic mass is 19.4. The van der Waals surface area contributed by atoms with Gasteiger partial charge in [0, 0.05) is 12.6 Å². The van der Waals surface area contributed by atoms with Gasteiger partial charge in [-0.25, -0.2) is 9.37 Å². The van der Waals surface area contributed by atoms with E-state index in [-0.39, 0.29) is 12.4 Å². The fourth-order valence-corrected chi connectivity index (χ4v) is 1.71. The molecule has 0 radical (unpaired) electrons. The van der Waals surface area contributed by atoms with Crippen molar-refractivity contribution in [3.63, 3.8) is 0 Å². The monoisotopic (exact) mass is 344 g/mol. The quantitative estimate of drug-likeness (QED) is 0.699. The van der Waals surface area contributed by atoms with Crippen molar-refractivity contribution in [2.45, 2.75) is 12.7 Å². The van der Waals surface area contributed by atoms with E-state index in [4.69, 9.17) is 5.11 Å². The molecule has 10 heteroatoms. The van der Waals surface area contributed by atoms with E-state index in [0.717, 1.165) is 0 Å². The number of aliphatic carboxylic acids is 1. The average Bonchev–Trinajstić information content (AvgIpc) is 2.51. The first-order valence-corrected chi connectivity index (χ1v) is 6.64. The number of nitrogens with zero attached hydrogens (tertiary/aromatic N) is 2. The van der Waals surface area contributed by atoms with E-state index in [1.807, 2.05) is 0 Å². The summed E-state index contributed by atoms with van der Waals surface area (Å²) in [7, 11) is 0. The minimum absolute atomic E-state index is 0.104. The van der Waals surface area contributed by atoms with Gasteiger partial charge in [0.1, 0.15) is 18.2 Å². The van der Waals surface area contributed by atoms with E-state index in [0.29, 0.717) is 11.6 Å². The second kappa shape index (κ2) is 7.11. The molecule has 0 saturated heterocycles. The maximum Gasteiger partial charge on any atom is 0.433 e. The van der Waals surface area contributed by atoms with Gasteiger partial charge >= 0.3 is 12.1 Å². The number of anilines is 2. The molecule has 0 fully saturated rings. The van der Waals surface area contributed by atoms with Crippen molar-refractivity contribution in [3.8, 4) is 0 Å². The van der Waals surface area contributed by atoms with Crippen molar-refractivity contribution in [3.05, 3.63) is 47.4 Å². The lowest BCUT2D eigenvalue weighted by molar-refractivity contribution is -0.141. The highest BCUT2D eigenvalue weighted by molar-refractivity contribution is 5.71. The zero-order valence-electron chi connectivity index (χ0n) is 12.1. The highest BCUT2D eigenvalue weighted by Gasteiger charge is 2.33. The zero-order valence-corrected chi connectivity index (χ0v) is 12.1. The summed E-state index contributed by atoms with van der Waals surface area (Å²) < 4.78 is 51.4. The number of halogens is 4. The van der Waals surface area contributed by atoms with Crippen molar-refractivity contribution in [1.82, 2.24) is 9.97 Å². The molecule has 0 unspecified atom stereocenters. The van der Waals surface area contributed by atoms with Crippen LogP contribution in [0, 0.1) is 5.82 Å². The molecular weight excluding hydrogens is 332 g/mol. The van der Waals surface area contributed by atoms with Crippen molar-refractivity contribution >= 4 is 17.7 Å². The van der Waals surface area contributed by atoms with E-state index in [9.17, 15) is 22.4 Å². The Bertz CT molecular complexity index is 720. The van der Waals surface area contributed by atoms with Gasteiger partial charge in [0.25, 0.3) is 0 Å². The molecule has 0 amide bonds. The van der Waals surface area contributed by atoms with Crippen LogP contribution in [-0.2, 0) is 17.5 Å². The molecule has 0 spiro atoms. The Hall–Kier alpha value is -2.91. The first-order valence-electron chi connectivity index (χ1n) is 6.64. The van der Waals surface area contributed by atoms with Crippen LogP contribution in [0.1, 0.15) is 11.3 Å². The molecule has 6 nitrogen and oxygen atoms in total. The zero-order chi connectivity index (χ0) is 17.7. The Balaban J connectivity index is 2.18. The maximum absolute atomic E-state index is 12.9. The third-order valence-electron chi connectivity index (χ3n) is 2.80.